The van der Waals surface area contributed by atoms with Gasteiger partial charge in [-0.3, -0.25) is 28.8 Å². The highest BCUT2D eigenvalue weighted by Crippen LogP contribution is 2.47. The number of ketones is 2. The number of hydrogen-bond acceptors (Lipinski definition) is 13. The van der Waals surface area contributed by atoms with Crippen molar-refractivity contribution in [2.75, 3.05) is 32.2 Å². The standard InChI is InChI=1S/C48H65N5O8S2/c1-28(2)32(22-44(56)60-8)46(58)51-20-10-12-38(51)40(54)24-42-49-34(26-62-42)36-18-19-37(53(36)31-16-14-30(15-17-31)48(5,6)7)35-27-63-43(50-35)25-41(55)39-13-11-21-52(39)47(59)33(29(3)4)23-45(57)61-9/h14-17,26-29,32-33,36-39H,10-13,18-25H2,1-9H3/t32-,33-,36-,37-,38-,39-/m0/s1. The smallest absolute Gasteiger partial charge is 0.306 e. The van der Waals surface area contributed by atoms with Gasteiger partial charge in [-0.15, -0.1) is 22.7 Å². The maximum absolute atomic E-state index is 13.9. The summed E-state index contributed by atoms with van der Waals surface area (Å²) >= 11 is 2.93. The predicted octanol–water partition coefficient (Wildman–Crippen LogP) is 7.86. The average molecular weight is 904 g/mol. The van der Waals surface area contributed by atoms with Gasteiger partial charge in [-0.05, 0) is 73.5 Å². The van der Waals surface area contributed by atoms with Gasteiger partial charge in [0.15, 0.2) is 11.6 Å². The fourth-order valence-corrected chi connectivity index (χ4v) is 11.1. The molecule has 1 aromatic carbocycles. The molecule has 5 heterocycles. The molecule has 3 aliphatic heterocycles. The third-order valence-electron chi connectivity index (χ3n) is 13.2. The molecule has 342 valence electrons. The summed E-state index contributed by atoms with van der Waals surface area (Å²) in [7, 11) is 2.64. The molecule has 3 saturated heterocycles. The summed E-state index contributed by atoms with van der Waals surface area (Å²) in [6.07, 6.45) is 4.44. The van der Waals surface area contributed by atoms with Crippen molar-refractivity contribution in [1.82, 2.24) is 19.8 Å². The monoisotopic (exact) mass is 903 g/mol. The number of Topliss-reactive ketones (excluding diaryl/α,β-unsaturated/α-hetero) is 2. The fraction of sp³-hybridized carbons (Fsp3) is 0.625. The number of thiazole rings is 2. The van der Waals surface area contributed by atoms with Crippen LogP contribution >= 0.6 is 22.7 Å². The van der Waals surface area contributed by atoms with Crippen molar-refractivity contribution < 1.29 is 38.2 Å². The van der Waals surface area contributed by atoms with Gasteiger partial charge in [0.05, 0.1) is 87.3 Å². The Morgan fingerprint density at radius 3 is 1.44 bits per heavy atom. The summed E-state index contributed by atoms with van der Waals surface area (Å²) in [6.45, 7) is 15.2. The van der Waals surface area contributed by atoms with Crippen LogP contribution in [0.5, 0.6) is 0 Å². The van der Waals surface area contributed by atoms with E-state index < -0.39 is 35.9 Å². The van der Waals surface area contributed by atoms with Crippen molar-refractivity contribution >= 4 is 63.7 Å². The van der Waals surface area contributed by atoms with Gasteiger partial charge in [0.25, 0.3) is 0 Å². The van der Waals surface area contributed by atoms with Crippen LogP contribution in [0.2, 0.25) is 0 Å². The summed E-state index contributed by atoms with van der Waals surface area (Å²) in [5.74, 6) is -2.58. The number of rotatable bonds is 17. The molecular weight excluding hydrogens is 839 g/mol. The maximum atomic E-state index is 13.9. The minimum atomic E-state index is -0.554. The molecule has 6 rings (SSSR count). The largest absolute Gasteiger partial charge is 0.469 e. The summed E-state index contributed by atoms with van der Waals surface area (Å²) in [4.78, 5) is 95.4. The number of aromatic nitrogens is 2. The molecule has 0 aliphatic carbocycles. The summed E-state index contributed by atoms with van der Waals surface area (Å²) < 4.78 is 9.74. The van der Waals surface area contributed by atoms with Crippen LogP contribution in [0.4, 0.5) is 5.69 Å². The molecule has 0 spiro atoms. The number of esters is 2. The highest BCUT2D eigenvalue weighted by Gasteiger charge is 2.42. The Bertz CT molecular complexity index is 2000. The van der Waals surface area contributed by atoms with Crippen LogP contribution in [0.1, 0.15) is 139 Å². The number of hydrogen-bond donors (Lipinski definition) is 0. The van der Waals surface area contributed by atoms with E-state index in [0.717, 1.165) is 42.8 Å². The van der Waals surface area contributed by atoms with E-state index in [0.29, 0.717) is 35.9 Å². The van der Waals surface area contributed by atoms with E-state index in [1.165, 1.54) is 42.5 Å². The molecule has 6 atom stereocenters. The summed E-state index contributed by atoms with van der Waals surface area (Å²) in [5, 5.41) is 5.50. The molecule has 0 bridgehead atoms. The van der Waals surface area contributed by atoms with Gasteiger partial charge in [-0.2, -0.15) is 0 Å². The van der Waals surface area contributed by atoms with E-state index >= 15 is 0 Å². The number of likely N-dealkylation sites (tertiary alicyclic amines) is 2. The first-order chi connectivity index (χ1) is 29.9. The van der Waals surface area contributed by atoms with Crippen molar-refractivity contribution in [1.29, 1.82) is 0 Å². The van der Waals surface area contributed by atoms with E-state index in [-0.39, 0.29) is 78.4 Å². The lowest BCUT2D eigenvalue weighted by Gasteiger charge is -2.32. The number of nitrogens with zero attached hydrogens (tertiary/aromatic N) is 5. The molecule has 3 fully saturated rings. The molecule has 63 heavy (non-hydrogen) atoms. The van der Waals surface area contributed by atoms with Crippen LogP contribution < -0.4 is 4.90 Å². The Morgan fingerprint density at radius 2 is 1.08 bits per heavy atom. The van der Waals surface area contributed by atoms with Crippen molar-refractivity contribution in [3.05, 3.63) is 62.0 Å². The second-order valence-corrected chi connectivity index (χ2v) is 21.0. The molecule has 0 radical (unpaired) electrons. The molecule has 3 aliphatic rings. The molecule has 0 saturated carbocycles. The fourth-order valence-electron chi connectivity index (χ4n) is 9.44. The van der Waals surface area contributed by atoms with Gasteiger partial charge >= 0.3 is 11.9 Å². The first kappa shape index (κ1) is 48.0. The second kappa shape index (κ2) is 20.6. The Hall–Kier alpha value is -4.50. The lowest BCUT2D eigenvalue weighted by Crippen LogP contribution is -2.45. The Balaban J connectivity index is 1.19. The number of carbonyl (C=O) groups excluding carboxylic acids is 6. The number of anilines is 1. The predicted molar refractivity (Wildman–Crippen MR) is 243 cm³/mol. The second-order valence-electron chi connectivity index (χ2n) is 19.1. The zero-order valence-electron chi connectivity index (χ0n) is 38.4. The number of ether oxygens (including phenoxy) is 2. The molecule has 2 amide bonds. The number of carbonyl (C=O) groups is 6. The summed E-state index contributed by atoms with van der Waals surface area (Å²) in [5.41, 5.74) is 3.99. The Kier molecular flexibility index (Phi) is 15.6. The SMILES string of the molecule is COC(=O)C[C@H](C(=O)N1CCC[C@H]1C(=O)Cc1nc([C@@H]2CC[C@@H](c3csc(CC(=O)[C@@H]4CCCN4C(=O)[C@@H](CC(=O)OC)C(C)C)n3)N2c2ccc(C(C)(C)C)cc2)cs1)C(C)C. The molecule has 3 aromatic rings. The number of amides is 2. The van der Waals surface area contributed by atoms with Gasteiger partial charge in [-0.25, -0.2) is 9.97 Å². The van der Waals surface area contributed by atoms with Gasteiger partial charge < -0.3 is 24.2 Å². The minimum Gasteiger partial charge on any atom is -0.469 e. The zero-order valence-corrected chi connectivity index (χ0v) is 40.0. The van der Waals surface area contributed by atoms with Gasteiger partial charge in [0, 0.05) is 29.5 Å². The lowest BCUT2D eigenvalue weighted by molar-refractivity contribution is -0.149. The molecule has 2 aromatic heterocycles. The maximum Gasteiger partial charge on any atom is 0.306 e. The normalized spacial score (nSPS) is 21.3. The molecule has 15 heteroatoms. The van der Waals surface area contributed by atoms with Crippen LogP contribution in [0.15, 0.2) is 35.0 Å². The zero-order chi connectivity index (χ0) is 45.7. The highest BCUT2D eigenvalue weighted by molar-refractivity contribution is 7.10. The van der Waals surface area contributed by atoms with Gasteiger partial charge in [-0.1, -0.05) is 60.6 Å². The minimum absolute atomic E-state index is 0.0143. The Morgan fingerprint density at radius 1 is 0.667 bits per heavy atom. The first-order valence-corrected chi connectivity index (χ1v) is 24.2. The average Bonchev–Trinajstić information content (AvgIpc) is 4.10. The van der Waals surface area contributed by atoms with Crippen molar-refractivity contribution in [3.63, 3.8) is 0 Å². The highest BCUT2D eigenvalue weighted by atomic mass is 32.1. The molecular formula is C48H65N5O8S2. The number of methoxy groups -OCH3 is 2. The van der Waals surface area contributed by atoms with Gasteiger partial charge in [0.1, 0.15) is 10.0 Å². The summed E-state index contributed by atoms with van der Waals surface area (Å²) in [6, 6.07) is 7.38. The van der Waals surface area contributed by atoms with Crippen LogP contribution in [-0.4, -0.2) is 94.5 Å². The molecule has 0 N–H and O–H groups in total. The van der Waals surface area contributed by atoms with Crippen LogP contribution in [0.3, 0.4) is 0 Å². The number of benzene rings is 1. The van der Waals surface area contributed by atoms with Crippen LogP contribution in [0.25, 0.3) is 0 Å². The third-order valence-corrected chi connectivity index (χ3v) is 14.9. The quantitative estimate of drug-likeness (QED) is 0.122. The molecule has 13 nitrogen and oxygen atoms in total. The third kappa shape index (κ3) is 11.1. The van der Waals surface area contributed by atoms with E-state index in [1.807, 2.05) is 38.5 Å². The molecule has 0 unspecified atom stereocenters. The van der Waals surface area contributed by atoms with E-state index in [4.69, 9.17) is 19.4 Å². The van der Waals surface area contributed by atoms with Gasteiger partial charge in [0.2, 0.25) is 11.8 Å². The first-order valence-electron chi connectivity index (χ1n) is 22.5. The van der Waals surface area contributed by atoms with E-state index in [9.17, 15) is 28.8 Å². The lowest BCUT2D eigenvalue weighted by atomic mass is 9.87. The topological polar surface area (TPSA) is 156 Å². The van der Waals surface area contributed by atoms with E-state index in [2.05, 4.69) is 49.9 Å². The Labute approximate surface area is 380 Å². The van der Waals surface area contributed by atoms with Crippen LogP contribution in [0, 0.1) is 23.7 Å². The van der Waals surface area contributed by atoms with Crippen molar-refractivity contribution in [3.8, 4) is 0 Å². The van der Waals surface area contributed by atoms with Crippen LogP contribution in [-0.2, 0) is 56.5 Å². The van der Waals surface area contributed by atoms with Crippen molar-refractivity contribution in [2.45, 2.75) is 142 Å². The van der Waals surface area contributed by atoms with E-state index in [1.54, 1.807) is 9.80 Å². The van der Waals surface area contributed by atoms with Crippen molar-refractivity contribution in [2.24, 2.45) is 23.7 Å².